The third-order valence-electron chi connectivity index (χ3n) is 7.62. The van der Waals surface area contributed by atoms with Gasteiger partial charge < -0.3 is 29.6 Å². The first-order chi connectivity index (χ1) is 18.1. The summed E-state index contributed by atoms with van der Waals surface area (Å²) in [6, 6.07) is 14.1. The van der Waals surface area contributed by atoms with Crippen molar-refractivity contribution in [3.8, 4) is 11.5 Å². The Kier molecular flexibility index (Phi) is 7.38. The van der Waals surface area contributed by atoms with E-state index in [4.69, 9.17) is 18.9 Å². The molecular formula is C30H38N2O6. The van der Waals surface area contributed by atoms with Crippen molar-refractivity contribution < 1.29 is 28.5 Å². The number of nitrogens with one attached hydrogen (secondary N) is 2. The third-order valence-corrected chi connectivity index (χ3v) is 7.62. The minimum absolute atomic E-state index is 0.0278. The fraction of sp³-hybridized carbons (Fsp3) is 0.533. The van der Waals surface area contributed by atoms with Crippen LogP contribution in [0.5, 0.6) is 11.5 Å². The molecule has 204 valence electrons. The van der Waals surface area contributed by atoms with E-state index in [0.29, 0.717) is 26.1 Å². The van der Waals surface area contributed by atoms with Crippen molar-refractivity contribution in [3.05, 3.63) is 59.7 Å². The molecule has 0 aliphatic carbocycles. The molecule has 3 aliphatic rings. The highest BCUT2D eigenvalue weighted by Crippen LogP contribution is 2.38. The SMILES string of the molecule is CC1(C)OC1CCOc1ccc(CC2NC(=O)C(Cc3ccc(OCCC4OC4(C)C)cc3)NC2=O)cc1. The highest BCUT2D eigenvalue weighted by atomic mass is 16.6. The van der Waals surface area contributed by atoms with Gasteiger partial charge in [0.15, 0.2) is 0 Å². The Morgan fingerprint density at radius 1 is 0.658 bits per heavy atom. The van der Waals surface area contributed by atoms with Crippen LogP contribution in [0.25, 0.3) is 0 Å². The summed E-state index contributed by atoms with van der Waals surface area (Å²) in [5.41, 5.74) is 1.85. The summed E-state index contributed by atoms with van der Waals surface area (Å²) in [5.74, 6) is 1.21. The van der Waals surface area contributed by atoms with E-state index < -0.39 is 12.1 Å². The zero-order valence-corrected chi connectivity index (χ0v) is 22.6. The quantitative estimate of drug-likeness (QED) is 0.415. The Hall–Kier alpha value is -3.10. The number of hydrogen-bond donors (Lipinski definition) is 2. The van der Waals surface area contributed by atoms with E-state index in [1.165, 1.54) is 0 Å². The largest absolute Gasteiger partial charge is 0.493 e. The van der Waals surface area contributed by atoms with Crippen LogP contribution in [0.3, 0.4) is 0 Å². The second kappa shape index (κ2) is 10.6. The number of hydrogen-bond acceptors (Lipinski definition) is 6. The maximum Gasteiger partial charge on any atom is 0.243 e. The van der Waals surface area contributed by atoms with Gasteiger partial charge in [-0.05, 0) is 63.1 Å². The lowest BCUT2D eigenvalue weighted by Gasteiger charge is -2.29. The Labute approximate surface area is 224 Å². The van der Waals surface area contributed by atoms with Gasteiger partial charge in [0.25, 0.3) is 0 Å². The number of amides is 2. The van der Waals surface area contributed by atoms with Crippen LogP contribution in [-0.2, 0) is 31.9 Å². The average molecular weight is 523 g/mol. The van der Waals surface area contributed by atoms with Gasteiger partial charge in [-0.25, -0.2) is 0 Å². The number of carbonyl (C=O) groups is 2. The van der Waals surface area contributed by atoms with E-state index in [9.17, 15) is 9.59 Å². The summed E-state index contributed by atoms with van der Waals surface area (Å²) in [5, 5.41) is 5.78. The first-order valence-corrected chi connectivity index (χ1v) is 13.5. The van der Waals surface area contributed by atoms with Gasteiger partial charge >= 0.3 is 0 Å². The molecule has 3 heterocycles. The molecule has 5 rings (SSSR count). The first kappa shape index (κ1) is 26.5. The van der Waals surface area contributed by atoms with E-state index in [0.717, 1.165) is 35.5 Å². The molecule has 38 heavy (non-hydrogen) atoms. The zero-order valence-electron chi connectivity index (χ0n) is 22.6. The summed E-state index contributed by atoms with van der Waals surface area (Å²) in [7, 11) is 0. The molecule has 8 heteroatoms. The molecule has 2 N–H and O–H groups in total. The lowest BCUT2D eigenvalue weighted by atomic mass is 9.98. The molecule has 8 nitrogen and oxygen atoms in total. The van der Waals surface area contributed by atoms with Crippen LogP contribution in [0.2, 0.25) is 0 Å². The van der Waals surface area contributed by atoms with Gasteiger partial charge in [0.1, 0.15) is 23.6 Å². The van der Waals surface area contributed by atoms with Crippen molar-refractivity contribution >= 4 is 11.8 Å². The molecule has 2 amide bonds. The van der Waals surface area contributed by atoms with Gasteiger partial charge in [0.05, 0.1) is 36.6 Å². The van der Waals surface area contributed by atoms with Gasteiger partial charge in [-0.15, -0.1) is 0 Å². The monoisotopic (exact) mass is 522 g/mol. The average Bonchev–Trinajstić information content (AvgIpc) is 3.70. The smallest absolute Gasteiger partial charge is 0.243 e. The fourth-order valence-corrected chi connectivity index (χ4v) is 4.92. The molecule has 0 bridgehead atoms. The van der Waals surface area contributed by atoms with Crippen molar-refractivity contribution in [2.24, 2.45) is 0 Å². The van der Waals surface area contributed by atoms with Gasteiger partial charge in [-0.2, -0.15) is 0 Å². The zero-order chi connectivity index (χ0) is 26.9. The number of benzene rings is 2. The van der Waals surface area contributed by atoms with Crippen LogP contribution in [0.1, 0.15) is 51.7 Å². The van der Waals surface area contributed by atoms with E-state index in [1.807, 2.05) is 48.5 Å². The van der Waals surface area contributed by atoms with Gasteiger partial charge in [-0.3, -0.25) is 9.59 Å². The van der Waals surface area contributed by atoms with Gasteiger partial charge in [-0.1, -0.05) is 24.3 Å². The molecule has 0 saturated carbocycles. The Bertz CT molecular complexity index is 1050. The summed E-state index contributed by atoms with van der Waals surface area (Å²) in [4.78, 5) is 25.5. The molecule has 3 aliphatic heterocycles. The summed E-state index contributed by atoms with van der Waals surface area (Å²) >= 11 is 0. The van der Waals surface area contributed by atoms with Crippen LogP contribution in [0.15, 0.2) is 48.5 Å². The lowest BCUT2D eigenvalue weighted by molar-refractivity contribution is -0.136. The normalized spacial score (nSPS) is 26.7. The molecule has 2 aromatic carbocycles. The molecule has 0 spiro atoms. The second-order valence-corrected chi connectivity index (χ2v) is 11.5. The predicted molar refractivity (Wildman–Crippen MR) is 142 cm³/mol. The van der Waals surface area contributed by atoms with Crippen LogP contribution < -0.4 is 20.1 Å². The molecule has 0 aromatic heterocycles. The number of carbonyl (C=O) groups excluding carboxylic acids is 2. The van der Waals surface area contributed by atoms with Crippen molar-refractivity contribution in [1.82, 2.24) is 10.6 Å². The molecule has 4 unspecified atom stereocenters. The topological polar surface area (TPSA) is 102 Å². The molecule has 3 fully saturated rings. The van der Waals surface area contributed by atoms with Crippen LogP contribution >= 0.6 is 0 Å². The van der Waals surface area contributed by atoms with Crippen LogP contribution in [-0.4, -0.2) is 60.5 Å². The van der Waals surface area contributed by atoms with Crippen molar-refractivity contribution in [1.29, 1.82) is 0 Å². The number of ether oxygens (including phenoxy) is 4. The van der Waals surface area contributed by atoms with Crippen LogP contribution in [0.4, 0.5) is 0 Å². The third kappa shape index (κ3) is 6.66. The standard InChI is InChI=1S/C30H38N2O6/c1-29(2)25(37-29)13-15-35-21-9-5-19(6-10-21)17-23-27(33)32-24(28(34)31-23)18-20-7-11-22(12-8-20)36-16-14-26-30(3,4)38-26/h5-12,23-26H,13-18H2,1-4H3,(H,31,34)(H,32,33). The summed E-state index contributed by atoms with van der Waals surface area (Å²) in [6.07, 6.45) is 3.08. The molecule has 0 radical (unpaired) electrons. The van der Waals surface area contributed by atoms with E-state index >= 15 is 0 Å². The lowest BCUT2D eigenvalue weighted by Crippen LogP contribution is -2.62. The summed E-state index contributed by atoms with van der Waals surface area (Å²) in [6.45, 7) is 9.51. The number of epoxide rings is 2. The van der Waals surface area contributed by atoms with E-state index in [1.54, 1.807) is 0 Å². The molecule has 2 aromatic rings. The number of piperazine rings is 1. The Morgan fingerprint density at radius 3 is 1.32 bits per heavy atom. The molecular weight excluding hydrogens is 484 g/mol. The van der Waals surface area contributed by atoms with E-state index in [2.05, 4.69) is 38.3 Å². The first-order valence-electron chi connectivity index (χ1n) is 13.5. The Balaban J connectivity index is 1.04. The Morgan fingerprint density at radius 2 is 1.00 bits per heavy atom. The van der Waals surface area contributed by atoms with Gasteiger partial charge in [0, 0.05) is 25.7 Å². The van der Waals surface area contributed by atoms with E-state index in [-0.39, 0.29) is 35.2 Å². The maximum atomic E-state index is 12.8. The fourth-order valence-electron chi connectivity index (χ4n) is 4.92. The van der Waals surface area contributed by atoms with Gasteiger partial charge in [0.2, 0.25) is 11.8 Å². The van der Waals surface area contributed by atoms with Crippen molar-refractivity contribution in [2.45, 2.75) is 88.9 Å². The van der Waals surface area contributed by atoms with Crippen LogP contribution in [0, 0.1) is 0 Å². The summed E-state index contributed by atoms with van der Waals surface area (Å²) < 4.78 is 22.8. The highest BCUT2D eigenvalue weighted by Gasteiger charge is 2.47. The predicted octanol–water partition coefficient (Wildman–Crippen LogP) is 3.35. The van der Waals surface area contributed by atoms with Crippen molar-refractivity contribution in [2.75, 3.05) is 13.2 Å². The minimum atomic E-state index is -0.601. The second-order valence-electron chi connectivity index (χ2n) is 11.5. The highest BCUT2D eigenvalue weighted by molar-refractivity contribution is 5.97. The number of rotatable bonds is 12. The molecule has 3 saturated heterocycles. The van der Waals surface area contributed by atoms with Crippen molar-refractivity contribution in [3.63, 3.8) is 0 Å². The maximum absolute atomic E-state index is 12.8. The molecule has 4 atom stereocenters. The minimum Gasteiger partial charge on any atom is -0.493 e.